The van der Waals surface area contributed by atoms with Crippen LogP contribution in [0.4, 0.5) is 22.0 Å². The topological polar surface area (TPSA) is 101 Å². The van der Waals surface area contributed by atoms with Crippen molar-refractivity contribution in [2.45, 2.75) is 6.42 Å². The van der Waals surface area contributed by atoms with E-state index in [1.807, 2.05) is 0 Å². The molecule has 1 aromatic carbocycles. The van der Waals surface area contributed by atoms with E-state index in [1.54, 1.807) is 0 Å². The average molecular weight is 511 g/mol. The van der Waals surface area contributed by atoms with Gasteiger partial charge in [-0.3, -0.25) is 19.3 Å². The van der Waals surface area contributed by atoms with Crippen molar-refractivity contribution in [3.63, 3.8) is 0 Å². The Kier molecular flexibility index (Phi) is 11.7. The molecule has 0 aromatic heterocycles. The van der Waals surface area contributed by atoms with E-state index in [4.69, 9.17) is 18.9 Å². The number of amides is 2. The van der Waals surface area contributed by atoms with Gasteiger partial charge in [0.05, 0.1) is 65.8 Å². The van der Waals surface area contributed by atoms with Gasteiger partial charge in [0, 0.05) is 12.2 Å². The lowest BCUT2D eigenvalue weighted by Gasteiger charge is -2.13. The van der Waals surface area contributed by atoms with Gasteiger partial charge in [-0.2, -0.15) is 8.78 Å². The van der Waals surface area contributed by atoms with E-state index in [1.165, 1.54) is 12.2 Å². The Labute approximate surface area is 196 Å². The third kappa shape index (κ3) is 8.65. The molecule has 0 aliphatic carbocycles. The van der Waals surface area contributed by atoms with E-state index >= 15 is 0 Å². The standard InChI is InChI=1S/C21H22F5NO8/c22-16-17(23)19(25)21(20(26)18(16)24)35-15(30)3-5-31-7-9-33-11-12-34-10-8-32-6-4-27-13(28)1-2-14(27)29/h1-2H,3-12H2. The molecule has 0 bridgehead atoms. The van der Waals surface area contributed by atoms with Crippen molar-refractivity contribution >= 4 is 17.8 Å². The molecule has 1 aliphatic rings. The maximum atomic E-state index is 13.5. The largest absolute Gasteiger partial charge is 0.420 e. The van der Waals surface area contributed by atoms with Gasteiger partial charge in [-0.05, 0) is 0 Å². The normalized spacial score (nSPS) is 13.2. The first-order chi connectivity index (χ1) is 16.7. The van der Waals surface area contributed by atoms with Gasteiger partial charge < -0.3 is 23.7 Å². The van der Waals surface area contributed by atoms with Crippen molar-refractivity contribution in [1.82, 2.24) is 4.90 Å². The first kappa shape index (κ1) is 28.3. The van der Waals surface area contributed by atoms with Gasteiger partial charge in [0.2, 0.25) is 34.8 Å². The minimum atomic E-state index is -2.36. The minimum absolute atomic E-state index is 0.0573. The molecule has 35 heavy (non-hydrogen) atoms. The van der Waals surface area contributed by atoms with E-state index in [0.29, 0.717) is 0 Å². The Morgan fingerprint density at radius 1 is 0.629 bits per heavy atom. The molecule has 1 aromatic rings. The maximum Gasteiger partial charge on any atom is 0.313 e. The Bertz CT molecular complexity index is 896. The SMILES string of the molecule is O=C(CCOCCOCCOCCOCCN1C(=O)C=CC1=O)Oc1c(F)c(F)c(F)c(F)c1F. The van der Waals surface area contributed by atoms with Crippen LogP contribution >= 0.6 is 0 Å². The molecule has 0 saturated heterocycles. The molecular weight excluding hydrogens is 489 g/mol. The monoisotopic (exact) mass is 511 g/mol. The van der Waals surface area contributed by atoms with E-state index in [9.17, 15) is 36.3 Å². The highest BCUT2D eigenvalue weighted by Gasteiger charge is 2.28. The van der Waals surface area contributed by atoms with Crippen LogP contribution in [0.15, 0.2) is 12.2 Å². The van der Waals surface area contributed by atoms with Crippen LogP contribution < -0.4 is 4.74 Å². The summed E-state index contributed by atoms with van der Waals surface area (Å²) in [4.78, 5) is 35.3. The number of imide groups is 1. The van der Waals surface area contributed by atoms with Crippen molar-refractivity contribution in [2.75, 3.05) is 59.4 Å². The lowest BCUT2D eigenvalue weighted by molar-refractivity contribution is -0.138. The third-order valence-corrected chi connectivity index (χ3v) is 4.31. The summed E-state index contributed by atoms with van der Waals surface area (Å²) in [6, 6.07) is 0. The zero-order valence-electron chi connectivity index (χ0n) is 18.3. The summed E-state index contributed by atoms with van der Waals surface area (Å²) < 4.78 is 91.0. The molecule has 0 spiro atoms. The summed E-state index contributed by atoms with van der Waals surface area (Å²) in [5.41, 5.74) is 0. The van der Waals surface area contributed by atoms with Gasteiger partial charge in [0.1, 0.15) is 0 Å². The summed E-state index contributed by atoms with van der Waals surface area (Å²) in [6.07, 6.45) is 1.88. The summed E-state index contributed by atoms with van der Waals surface area (Å²) in [5.74, 6) is -15.0. The molecule has 2 amide bonds. The molecule has 0 saturated carbocycles. The number of halogens is 5. The smallest absolute Gasteiger partial charge is 0.313 e. The van der Waals surface area contributed by atoms with Crippen molar-refractivity contribution in [1.29, 1.82) is 0 Å². The van der Waals surface area contributed by atoms with Crippen LogP contribution in [0.5, 0.6) is 5.75 Å². The number of benzene rings is 1. The van der Waals surface area contributed by atoms with Gasteiger partial charge in [0.15, 0.2) is 0 Å². The van der Waals surface area contributed by atoms with Crippen LogP contribution in [0, 0.1) is 29.1 Å². The number of rotatable bonds is 16. The predicted octanol–water partition coefficient (Wildman–Crippen LogP) is 1.67. The van der Waals surface area contributed by atoms with Crippen LogP contribution in [0.1, 0.15) is 6.42 Å². The molecular formula is C21H22F5NO8. The molecule has 1 aliphatic heterocycles. The van der Waals surface area contributed by atoms with Gasteiger partial charge in [-0.1, -0.05) is 0 Å². The van der Waals surface area contributed by atoms with Crippen LogP contribution in [0.25, 0.3) is 0 Å². The molecule has 0 radical (unpaired) electrons. The highest BCUT2D eigenvalue weighted by atomic mass is 19.2. The number of ether oxygens (including phenoxy) is 5. The summed E-state index contributed by atoms with van der Waals surface area (Å²) >= 11 is 0. The van der Waals surface area contributed by atoms with Gasteiger partial charge >= 0.3 is 5.97 Å². The molecule has 2 rings (SSSR count). The zero-order chi connectivity index (χ0) is 25.8. The van der Waals surface area contributed by atoms with Crippen LogP contribution in [-0.2, 0) is 33.3 Å². The molecule has 1 heterocycles. The summed E-state index contributed by atoms with van der Waals surface area (Å²) in [5, 5.41) is 0. The van der Waals surface area contributed by atoms with Crippen LogP contribution in [0.3, 0.4) is 0 Å². The molecule has 0 N–H and O–H groups in total. The second-order valence-corrected chi connectivity index (χ2v) is 6.73. The Morgan fingerprint density at radius 3 is 1.51 bits per heavy atom. The highest BCUT2D eigenvalue weighted by Crippen LogP contribution is 2.29. The molecule has 0 unspecified atom stereocenters. The Morgan fingerprint density at radius 2 is 1.03 bits per heavy atom. The lowest BCUT2D eigenvalue weighted by atomic mass is 10.2. The van der Waals surface area contributed by atoms with E-state index in [0.717, 1.165) is 4.90 Å². The number of carbonyl (C=O) groups is 3. The second kappa shape index (κ2) is 14.5. The van der Waals surface area contributed by atoms with Crippen molar-refractivity contribution in [2.24, 2.45) is 0 Å². The number of esters is 1. The molecule has 14 heteroatoms. The Hall–Kier alpha value is -2.94. The fourth-order valence-electron chi connectivity index (χ4n) is 2.56. The second-order valence-electron chi connectivity index (χ2n) is 6.73. The predicted molar refractivity (Wildman–Crippen MR) is 106 cm³/mol. The van der Waals surface area contributed by atoms with Crippen molar-refractivity contribution in [3.05, 3.63) is 41.2 Å². The Balaban J connectivity index is 1.43. The highest BCUT2D eigenvalue weighted by molar-refractivity contribution is 6.12. The average Bonchev–Trinajstić information content (AvgIpc) is 3.16. The van der Waals surface area contributed by atoms with Crippen molar-refractivity contribution < 1.29 is 60.0 Å². The minimum Gasteiger partial charge on any atom is -0.420 e. The van der Waals surface area contributed by atoms with Crippen LogP contribution in [0.2, 0.25) is 0 Å². The first-order valence-electron chi connectivity index (χ1n) is 10.3. The van der Waals surface area contributed by atoms with Gasteiger partial charge in [0.25, 0.3) is 11.8 Å². The lowest BCUT2D eigenvalue weighted by Crippen LogP contribution is -2.33. The van der Waals surface area contributed by atoms with E-state index in [-0.39, 0.29) is 71.2 Å². The fourth-order valence-corrected chi connectivity index (χ4v) is 2.56. The summed E-state index contributed by atoms with van der Waals surface area (Å²) in [6.45, 7) is 1.31. The van der Waals surface area contributed by atoms with Gasteiger partial charge in [-0.25, -0.2) is 13.2 Å². The van der Waals surface area contributed by atoms with E-state index in [2.05, 4.69) is 4.74 Å². The number of nitrogens with zero attached hydrogens (tertiary/aromatic N) is 1. The first-order valence-corrected chi connectivity index (χ1v) is 10.3. The number of hydrogen-bond acceptors (Lipinski definition) is 8. The molecule has 0 fully saturated rings. The number of carbonyl (C=O) groups excluding carboxylic acids is 3. The van der Waals surface area contributed by atoms with E-state index < -0.39 is 47.2 Å². The quantitative estimate of drug-likeness (QED) is 0.0629. The fraction of sp³-hybridized carbons (Fsp3) is 0.476. The number of hydrogen-bond donors (Lipinski definition) is 0. The maximum absolute atomic E-state index is 13.5. The van der Waals surface area contributed by atoms with Gasteiger partial charge in [-0.15, -0.1) is 0 Å². The molecule has 194 valence electrons. The molecule has 9 nitrogen and oxygen atoms in total. The van der Waals surface area contributed by atoms with Crippen molar-refractivity contribution in [3.8, 4) is 5.75 Å². The zero-order valence-corrected chi connectivity index (χ0v) is 18.3. The van der Waals surface area contributed by atoms with Crippen LogP contribution in [-0.4, -0.2) is 82.1 Å². The third-order valence-electron chi connectivity index (χ3n) is 4.31. The molecule has 0 atom stereocenters. The summed E-state index contributed by atoms with van der Waals surface area (Å²) in [7, 11) is 0.